The van der Waals surface area contributed by atoms with Crippen LogP contribution in [0.25, 0.3) is 5.82 Å². The molecule has 2 aromatic rings. The number of aryl methyl sites for hydroxylation is 1. The molecule has 2 fully saturated rings. The average molecular weight is 325 g/mol. The standard InChI is InChI=1S/C18H23N5O/c1-13-20-8-10-22(13)17-12-19-11-15(21-17)16-7-4-9-23(16)18(24)14-5-2-3-6-14/h8,10-12,14,16H,2-7,9H2,1H3/t16-/m1/s1. The van der Waals surface area contributed by atoms with E-state index >= 15 is 0 Å². The van der Waals surface area contributed by atoms with E-state index < -0.39 is 0 Å². The van der Waals surface area contributed by atoms with Crippen molar-refractivity contribution >= 4 is 5.91 Å². The van der Waals surface area contributed by atoms with Gasteiger partial charge < -0.3 is 4.90 Å². The Morgan fingerprint density at radius 3 is 2.75 bits per heavy atom. The topological polar surface area (TPSA) is 63.9 Å². The molecule has 6 heteroatoms. The molecule has 1 amide bonds. The molecule has 1 saturated carbocycles. The summed E-state index contributed by atoms with van der Waals surface area (Å²) in [6.07, 6.45) is 13.7. The second-order valence-electron chi connectivity index (χ2n) is 6.82. The van der Waals surface area contributed by atoms with E-state index in [9.17, 15) is 4.79 Å². The van der Waals surface area contributed by atoms with Gasteiger partial charge >= 0.3 is 0 Å². The van der Waals surface area contributed by atoms with Crippen LogP contribution in [0.1, 0.15) is 56.1 Å². The van der Waals surface area contributed by atoms with Crippen molar-refractivity contribution < 1.29 is 4.79 Å². The van der Waals surface area contributed by atoms with Crippen molar-refractivity contribution in [2.45, 2.75) is 51.5 Å². The number of hydrogen-bond donors (Lipinski definition) is 0. The van der Waals surface area contributed by atoms with Gasteiger partial charge in [-0.15, -0.1) is 0 Å². The Hall–Kier alpha value is -2.24. The lowest BCUT2D eigenvalue weighted by Gasteiger charge is -2.27. The van der Waals surface area contributed by atoms with Gasteiger partial charge in [0.05, 0.1) is 24.1 Å². The van der Waals surface area contributed by atoms with Crippen molar-refractivity contribution in [1.82, 2.24) is 24.4 Å². The number of amides is 1. The van der Waals surface area contributed by atoms with Gasteiger partial charge in [-0.2, -0.15) is 0 Å². The highest BCUT2D eigenvalue weighted by molar-refractivity contribution is 5.79. The number of hydrogen-bond acceptors (Lipinski definition) is 4. The molecule has 1 saturated heterocycles. The molecule has 126 valence electrons. The third-order valence-corrected chi connectivity index (χ3v) is 5.29. The first-order valence-electron chi connectivity index (χ1n) is 8.87. The molecule has 2 aromatic heterocycles. The molecule has 0 spiro atoms. The fourth-order valence-electron chi connectivity index (χ4n) is 4.01. The van der Waals surface area contributed by atoms with E-state index in [1.54, 1.807) is 18.6 Å². The number of rotatable bonds is 3. The zero-order valence-electron chi connectivity index (χ0n) is 14.1. The molecule has 0 unspecified atom stereocenters. The van der Waals surface area contributed by atoms with E-state index in [4.69, 9.17) is 4.98 Å². The van der Waals surface area contributed by atoms with E-state index in [0.717, 1.165) is 49.6 Å². The van der Waals surface area contributed by atoms with Gasteiger partial charge in [0.2, 0.25) is 5.91 Å². The van der Waals surface area contributed by atoms with Crippen molar-refractivity contribution in [3.05, 3.63) is 36.3 Å². The quantitative estimate of drug-likeness (QED) is 0.870. The lowest BCUT2D eigenvalue weighted by Crippen LogP contribution is -2.35. The molecule has 0 N–H and O–H groups in total. The minimum Gasteiger partial charge on any atom is -0.334 e. The summed E-state index contributed by atoms with van der Waals surface area (Å²) in [4.78, 5) is 28.3. The summed E-state index contributed by atoms with van der Waals surface area (Å²) in [7, 11) is 0. The summed E-state index contributed by atoms with van der Waals surface area (Å²) < 4.78 is 1.93. The van der Waals surface area contributed by atoms with Crippen molar-refractivity contribution in [3.8, 4) is 5.82 Å². The van der Waals surface area contributed by atoms with Crippen LogP contribution in [0.2, 0.25) is 0 Å². The van der Waals surface area contributed by atoms with Gasteiger partial charge in [-0.25, -0.2) is 9.97 Å². The first kappa shape index (κ1) is 15.3. The van der Waals surface area contributed by atoms with Gasteiger partial charge in [-0.1, -0.05) is 12.8 Å². The van der Waals surface area contributed by atoms with Crippen LogP contribution in [0.5, 0.6) is 0 Å². The molecule has 4 rings (SSSR count). The van der Waals surface area contributed by atoms with E-state index in [0.29, 0.717) is 5.91 Å². The molecule has 0 radical (unpaired) electrons. The first-order valence-corrected chi connectivity index (χ1v) is 8.87. The minimum absolute atomic E-state index is 0.0642. The van der Waals surface area contributed by atoms with Gasteiger partial charge in [0.15, 0.2) is 5.82 Å². The molecule has 1 aliphatic heterocycles. The number of nitrogens with zero attached hydrogens (tertiary/aromatic N) is 5. The Kier molecular flexibility index (Phi) is 4.04. The van der Waals surface area contributed by atoms with Gasteiger partial charge in [0.25, 0.3) is 0 Å². The number of carbonyl (C=O) groups is 1. The Bertz CT molecular complexity index is 735. The van der Waals surface area contributed by atoms with Crippen molar-refractivity contribution in [1.29, 1.82) is 0 Å². The third kappa shape index (κ3) is 2.70. The molecule has 3 heterocycles. The van der Waals surface area contributed by atoms with Crippen LogP contribution in [-0.4, -0.2) is 36.9 Å². The number of likely N-dealkylation sites (tertiary alicyclic amines) is 1. The second-order valence-corrected chi connectivity index (χ2v) is 6.82. The van der Waals surface area contributed by atoms with Gasteiger partial charge in [-0.05, 0) is 32.6 Å². The molecule has 2 aliphatic rings. The van der Waals surface area contributed by atoms with E-state index in [-0.39, 0.29) is 12.0 Å². The lowest BCUT2D eigenvalue weighted by molar-refractivity contribution is -0.136. The maximum absolute atomic E-state index is 12.9. The Balaban J connectivity index is 1.60. The van der Waals surface area contributed by atoms with E-state index in [2.05, 4.69) is 9.97 Å². The Morgan fingerprint density at radius 1 is 1.17 bits per heavy atom. The maximum atomic E-state index is 12.9. The Morgan fingerprint density at radius 2 is 2.00 bits per heavy atom. The fraction of sp³-hybridized carbons (Fsp3) is 0.556. The summed E-state index contributed by atoms with van der Waals surface area (Å²) in [6.45, 7) is 2.79. The number of aromatic nitrogens is 4. The highest BCUT2D eigenvalue weighted by Crippen LogP contribution is 2.35. The average Bonchev–Trinajstić information content (AvgIpc) is 3.35. The van der Waals surface area contributed by atoms with Crippen LogP contribution in [-0.2, 0) is 4.79 Å². The van der Waals surface area contributed by atoms with Crippen LogP contribution in [0, 0.1) is 12.8 Å². The van der Waals surface area contributed by atoms with Crippen molar-refractivity contribution in [3.63, 3.8) is 0 Å². The second kappa shape index (κ2) is 6.34. The summed E-state index contributed by atoms with van der Waals surface area (Å²) in [5.41, 5.74) is 0.893. The van der Waals surface area contributed by atoms with Gasteiger partial charge in [0, 0.05) is 24.9 Å². The molecular weight excluding hydrogens is 302 g/mol. The van der Waals surface area contributed by atoms with E-state index in [1.165, 1.54) is 12.8 Å². The van der Waals surface area contributed by atoms with E-state index in [1.807, 2.05) is 22.6 Å². The molecule has 1 atom stereocenters. The predicted octanol–water partition coefficient (Wildman–Crippen LogP) is 2.82. The minimum atomic E-state index is 0.0642. The summed E-state index contributed by atoms with van der Waals surface area (Å²) in [5.74, 6) is 2.19. The summed E-state index contributed by atoms with van der Waals surface area (Å²) in [6, 6.07) is 0.0642. The number of carbonyl (C=O) groups excluding carboxylic acids is 1. The SMILES string of the molecule is Cc1nccn1-c1cncc([C@H]2CCCN2C(=O)C2CCCC2)n1. The van der Waals surface area contributed by atoms with Gasteiger partial charge in [-0.3, -0.25) is 14.3 Å². The molecule has 1 aliphatic carbocycles. The smallest absolute Gasteiger partial charge is 0.226 e. The normalized spacial score (nSPS) is 21.5. The summed E-state index contributed by atoms with van der Waals surface area (Å²) >= 11 is 0. The van der Waals surface area contributed by atoms with Crippen molar-refractivity contribution in [2.75, 3.05) is 6.54 Å². The van der Waals surface area contributed by atoms with Crippen molar-refractivity contribution in [2.24, 2.45) is 5.92 Å². The van der Waals surface area contributed by atoms with Crippen LogP contribution in [0.15, 0.2) is 24.8 Å². The largest absolute Gasteiger partial charge is 0.334 e. The fourth-order valence-corrected chi connectivity index (χ4v) is 4.01. The van der Waals surface area contributed by atoms with Crippen LogP contribution < -0.4 is 0 Å². The zero-order chi connectivity index (χ0) is 16.5. The summed E-state index contributed by atoms with van der Waals surface area (Å²) in [5, 5.41) is 0. The van der Waals surface area contributed by atoms with Crippen LogP contribution in [0.4, 0.5) is 0 Å². The molecular formula is C18H23N5O. The highest BCUT2D eigenvalue weighted by atomic mass is 16.2. The molecule has 24 heavy (non-hydrogen) atoms. The van der Waals surface area contributed by atoms with Crippen LogP contribution >= 0.6 is 0 Å². The molecule has 0 bridgehead atoms. The maximum Gasteiger partial charge on any atom is 0.226 e. The monoisotopic (exact) mass is 325 g/mol. The molecule has 0 aromatic carbocycles. The Labute approximate surface area is 141 Å². The number of imidazole rings is 1. The zero-order valence-corrected chi connectivity index (χ0v) is 14.1. The van der Waals surface area contributed by atoms with Gasteiger partial charge in [0.1, 0.15) is 5.82 Å². The van der Waals surface area contributed by atoms with Crippen LogP contribution in [0.3, 0.4) is 0 Å². The molecule has 6 nitrogen and oxygen atoms in total. The highest BCUT2D eigenvalue weighted by Gasteiger charge is 2.35. The third-order valence-electron chi connectivity index (χ3n) is 5.29. The first-order chi connectivity index (χ1) is 11.7. The predicted molar refractivity (Wildman–Crippen MR) is 89.5 cm³/mol. The lowest BCUT2D eigenvalue weighted by atomic mass is 10.1.